The molecule has 2 N–H and O–H groups in total. The number of nitrogens with zero attached hydrogens (tertiary/aromatic N) is 1. The summed E-state index contributed by atoms with van der Waals surface area (Å²) in [4.78, 5) is 48.2. The number of carbonyl (C=O) groups is 4. The fourth-order valence-corrected chi connectivity index (χ4v) is 2.99. The Morgan fingerprint density at radius 3 is 2.26 bits per heavy atom. The summed E-state index contributed by atoms with van der Waals surface area (Å²) in [6.07, 6.45) is 0. The van der Waals surface area contributed by atoms with Crippen molar-refractivity contribution in [3.05, 3.63) is 60.2 Å². The second-order valence-electron chi connectivity index (χ2n) is 6.27. The first kappa shape index (κ1) is 18.3. The Balaban J connectivity index is 1.66. The van der Waals surface area contributed by atoms with Gasteiger partial charge in [0.1, 0.15) is 6.54 Å². The highest BCUT2D eigenvalue weighted by atomic mass is 16.4. The number of hydrogen-bond acceptors (Lipinski definition) is 4. The maximum atomic E-state index is 12.4. The van der Waals surface area contributed by atoms with E-state index in [1.54, 1.807) is 0 Å². The Hall–Kier alpha value is -3.48. The molecule has 7 nitrogen and oxygen atoms in total. The number of hydrogen-bond donors (Lipinski definition) is 2. The van der Waals surface area contributed by atoms with Crippen LogP contribution >= 0.6 is 0 Å². The van der Waals surface area contributed by atoms with Crippen molar-refractivity contribution >= 4 is 23.6 Å². The first-order chi connectivity index (χ1) is 13.0. The average Bonchev–Trinajstić information content (AvgIpc) is 2.94. The highest BCUT2D eigenvalue weighted by Gasteiger charge is 2.43. The minimum atomic E-state index is -1.46. The lowest BCUT2D eigenvalue weighted by Gasteiger charge is -2.16. The molecule has 0 aromatic heterocycles. The van der Waals surface area contributed by atoms with Crippen LogP contribution < -0.4 is 5.32 Å². The first-order valence-electron chi connectivity index (χ1n) is 8.41. The van der Waals surface area contributed by atoms with Gasteiger partial charge in [0.05, 0.1) is 6.54 Å². The number of ketones is 1. The van der Waals surface area contributed by atoms with Crippen LogP contribution in [0.1, 0.15) is 5.56 Å². The third-order valence-electron chi connectivity index (χ3n) is 4.34. The smallest absolute Gasteiger partial charge is 0.322 e. The second-order valence-corrected chi connectivity index (χ2v) is 6.27. The molecule has 2 aromatic carbocycles. The van der Waals surface area contributed by atoms with Gasteiger partial charge in [-0.1, -0.05) is 54.6 Å². The number of carbonyl (C=O) groups excluding carboxylic acids is 3. The van der Waals surface area contributed by atoms with Crippen molar-refractivity contribution in [2.45, 2.75) is 6.54 Å². The van der Waals surface area contributed by atoms with Crippen LogP contribution in [0, 0.1) is 5.92 Å². The number of carboxylic acids is 1. The maximum Gasteiger partial charge on any atom is 0.322 e. The van der Waals surface area contributed by atoms with E-state index < -0.39 is 36.0 Å². The number of likely N-dealkylation sites (tertiary alicyclic amines) is 1. The van der Waals surface area contributed by atoms with Gasteiger partial charge in [-0.3, -0.25) is 19.2 Å². The third kappa shape index (κ3) is 4.20. The van der Waals surface area contributed by atoms with Crippen molar-refractivity contribution in [2.24, 2.45) is 5.92 Å². The summed E-state index contributed by atoms with van der Waals surface area (Å²) in [6, 6.07) is 17.5. The van der Waals surface area contributed by atoms with Crippen LogP contribution in [0.2, 0.25) is 0 Å². The van der Waals surface area contributed by atoms with E-state index in [2.05, 4.69) is 5.32 Å². The van der Waals surface area contributed by atoms with E-state index >= 15 is 0 Å². The standard InChI is InChI=1S/C20H18N2O5/c23-16-12-22(20(27)18(16)19(26)21-10-17(24)25)11-13-6-8-15(9-7-13)14-4-2-1-3-5-14/h1-9,18H,10-12H2,(H,21,26)(H,24,25). The summed E-state index contributed by atoms with van der Waals surface area (Å²) >= 11 is 0. The van der Waals surface area contributed by atoms with E-state index in [-0.39, 0.29) is 13.1 Å². The Morgan fingerprint density at radius 2 is 1.63 bits per heavy atom. The summed E-state index contributed by atoms with van der Waals surface area (Å²) in [5, 5.41) is 10.7. The number of Topliss-reactive ketones (excluding diaryl/α,β-unsaturated/α-hetero) is 1. The van der Waals surface area contributed by atoms with Gasteiger partial charge >= 0.3 is 5.97 Å². The van der Waals surface area contributed by atoms with Gasteiger partial charge in [-0.05, 0) is 16.7 Å². The van der Waals surface area contributed by atoms with Gasteiger partial charge < -0.3 is 15.3 Å². The summed E-state index contributed by atoms with van der Waals surface area (Å²) in [6.45, 7) is -0.580. The van der Waals surface area contributed by atoms with Crippen LogP contribution in [0.3, 0.4) is 0 Å². The topological polar surface area (TPSA) is 104 Å². The molecule has 0 radical (unpaired) electrons. The highest BCUT2D eigenvalue weighted by Crippen LogP contribution is 2.22. The van der Waals surface area contributed by atoms with Gasteiger partial charge in [0, 0.05) is 6.54 Å². The van der Waals surface area contributed by atoms with Crippen molar-refractivity contribution in [3.63, 3.8) is 0 Å². The van der Waals surface area contributed by atoms with E-state index in [0.29, 0.717) is 0 Å². The van der Waals surface area contributed by atoms with Crippen molar-refractivity contribution < 1.29 is 24.3 Å². The molecule has 3 rings (SSSR count). The van der Waals surface area contributed by atoms with Crippen molar-refractivity contribution in [1.29, 1.82) is 0 Å². The lowest BCUT2D eigenvalue weighted by Crippen LogP contribution is -2.40. The van der Waals surface area contributed by atoms with Crippen LogP contribution in [-0.4, -0.2) is 46.7 Å². The van der Waals surface area contributed by atoms with E-state index in [1.807, 2.05) is 54.6 Å². The average molecular weight is 366 g/mol. The van der Waals surface area contributed by atoms with Gasteiger partial charge in [-0.15, -0.1) is 0 Å². The third-order valence-corrected chi connectivity index (χ3v) is 4.34. The highest BCUT2D eigenvalue weighted by molar-refractivity contribution is 6.22. The molecule has 1 aliphatic rings. The minimum absolute atomic E-state index is 0.162. The molecular weight excluding hydrogens is 348 g/mol. The Morgan fingerprint density at radius 1 is 1.00 bits per heavy atom. The second kappa shape index (κ2) is 7.82. The van der Waals surface area contributed by atoms with Gasteiger partial charge in [-0.25, -0.2) is 0 Å². The molecule has 138 valence electrons. The SMILES string of the molecule is O=C(O)CNC(=O)C1C(=O)CN(Cc2ccc(-c3ccccc3)cc2)C1=O. The number of benzene rings is 2. The molecule has 1 saturated heterocycles. The summed E-state index contributed by atoms with van der Waals surface area (Å²) < 4.78 is 0. The zero-order valence-electron chi connectivity index (χ0n) is 14.4. The quantitative estimate of drug-likeness (QED) is 0.745. The normalized spacial score (nSPS) is 16.4. The summed E-state index contributed by atoms with van der Waals surface area (Å²) in [7, 11) is 0. The fourth-order valence-electron chi connectivity index (χ4n) is 2.99. The van der Waals surface area contributed by atoms with Crippen LogP contribution in [-0.2, 0) is 25.7 Å². The van der Waals surface area contributed by atoms with Crippen LogP contribution in [0.15, 0.2) is 54.6 Å². The monoisotopic (exact) mass is 366 g/mol. The molecule has 1 aliphatic heterocycles. The number of amides is 2. The van der Waals surface area contributed by atoms with Gasteiger partial charge in [0.15, 0.2) is 11.7 Å². The van der Waals surface area contributed by atoms with Crippen molar-refractivity contribution in [1.82, 2.24) is 10.2 Å². The zero-order chi connectivity index (χ0) is 19.4. The zero-order valence-corrected chi connectivity index (χ0v) is 14.4. The van der Waals surface area contributed by atoms with E-state index in [9.17, 15) is 19.2 Å². The summed E-state index contributed by atoms with van der Waals surface area (Å²) in [5.74, 6) is -4.70. The molecule has 7 heteroatoms. The molecule has 27 heavy (non-hydrogen) atoms. The molecule has 0 saturated carbocycles. The van der Waals surface area contributed by atoms with Crippen molar-refractivity contribution in [2.75, 3.05) is 13.1 Å². The minimum Gasteiger partial charge on any atom is -0.480 e. The van der Waals surface area contributed by atoms with Gasteiger partial charge in [-0.2, -0.15) is 0 Å². The summed E-state index contributed by atoms with van der Waals surface area (Å²) in [5.41, 5.74) is 2.95. The molecule has 1 unspecified atom stereocenters. The number of nitrogens with one attached hydrogen (secondary N) is 1. The van der Waals surface area contributed by atoms with Crippen molar-refractivity contribution in [3.8, 4) is 11.1 Å². The molecule has 2 aromatic rings. The lowest BCUT2D eigenvalue weighted by molar-refractivity contribution is -0.143. The lowest BCUT2D eigenvalue weighted by atomic mass is 10.0. The van der Waals surface area contributed by atoms with E-state index in [1.165, 1.54) is 4.90 Å². The van der Waals surface area contributed by atoms with E-state index in [4.69, 9.17) is 5.11 Å². The Labute approximate surface area is 155 Å². The van der Waals surface area contributed by atoms with Crippen LogP contribution in [0.5, 0.6) is 0 Å². The number of aliphatic carboxylic acids is 1. The molecule has 0 aliphatic carbocycles. The molecule has 2 amide bonds. The molecule has 0 spiro atoms. The van der Waals surface area contributed by atoms with Crippen LogP contribution in [0.4, 0.5) is 0 Å². The Bertz CT molecular complexity index is 877. The van der Waals surface area contributed by atoms with E-state index in [0.717, 1.165) is 16.7 Å². The number of carboxylic acid groups (broad SMARTS) is 1. The molecule has 1 heterocycles. The van der Waals surface area contributed by atoms with Gasteiger partial charge in [0.2, 0.25) is 11.8 Å². The largest absolute Gasteiger partial charge is 0.480 e. The fraction of sp³-hybridized carbons (Fsp3) is 0.200. The van der Waals surface area contributed by atoms with Crippen LogP contribution in [0.25, 0.3) is 11.1 Å². The predicted octanol–water partition coefficient (Wildman–Crippen LogP) is 1.08. The molecular formula is C20H18N2O5. The predicted molar refractivity (Wildman–Crippen MR) is 96.4 cm³/mol. The first-order valence-corrected chi connectivity index (χ1v) is 8.41. The number of rotatable bonds is 6. The Kier molecular flexibility index (Phi) is 5.30. The molecule has 1 atom stereocenters. The van der Waals surface area contributed by atoms with Gasteiger partial charge in [0.25, 0.3) is 0 Å². The maximum absolute atomic E-state index is 12.4. The molecule has 1 fully saturated rings. The molecule has 0 bridgehead atoms.